The van der Waals surface area contributed by atoms with E-state index < -0.39 is 5.95 Å². The molecule has 0 amide bonds. The molecular weight excluding hydrogens is 419 g/mol. The van der Waals surface area contributed by atoms with Crippen LogP contribution in [0.1, 0.15) is 6.92 Å². The lowest BCUT2D eigenvalue weighted by molar-refractivity contribution is 0.271. The van der Waals surface area contributed by atoms with Gasteiger partial charge in [0.25, 0.3) is 5.56 Å². The molecule has 3 N–H and O–H groups in total. The third-order valence-corrected chi connectivity index (χ3v) is 6.25. The molecule has 0 saturated carbocycles. The number of nitrogens with two attached hydrogens (primary N) is 1. The van der Waals surface area contributed by atoms with Crippen molar-refractivity contribution in [3.63, 3.8) is 0 Å². The fraction of sp³-hybridized carbons (Fsp3) is 0.240. The highest BCUT2D eigenvalue weighted by atomic mass is 19.1. The monoisotopic (exact) mass is 444 g/mol. The van der Waals surface area contributed by atoms with Crippen molar-refractivity contribution in [2.24, 2.45) is 0 Å². The molecule has 1 fully saturated rings. The summed E-state index contributed by atoms with van der Waals surface area (Å²) >= 11 is 0. The van der Waals surface area contributed by atoms with Gasteiger partial charge in [0, 0.05) is 54.6 Å². The number of nitrogens with zero attached hydrogens (tertiary/aromatic N) is 4. The number of nitrogen functional groups attached to an aromatic ring is 1. The summed E-state index contributed by atoms with van der Waals surface area (Å²) in [4.78, 5) is 27.9. The number of benzene rings is 2. The van der Waals surface area contributed by atoms with E-state index in [1.165, 1.54) is 0 Å². The van der Waals surface area contributed by atoms with Gasteiger partial charge >= 0.3 is 0 Å². The number of anilines is 2. The van der Waals surface area contributed by atoms with Crippen LogP contribution in [0.25, 0.3) is 33.3 Å². The molecular formula is C25H25FN6O. The van der Waals surface area contributed by atoms with Gasteiger partial charge < -0.3 is 20.5 Å². The number of piperazine rings is 1. The van der Waals surface area contributed by atoms with Crippen LogP contribution < -0.4 is 16.2 Å². The molecule has 1 aliphatic rings. The predicted molar refractivity (Wildman–Crippen MR) is 130 cm³/mol. The van der Waals surface area contributed by atoms with E-state index in [2.05, 4.69) is 31.7 Å². The number of aromatic nitrogens is 3. The van der Waals surface area contributed by atoms with Gasteiger partial charge in [-0.05, 0) is 42.3 Å². The number of likely N-dealkylation sites (N-methyl/N-ethyl adjacent to an activating group) is 1. The van der Waals surface area contributed by atoms with Gasteiger partial charge in [-0.25, -0.2) is 4.98 Å². The fourth-order valence-corrected chi connectivity index (χ4v) is 4.31. The summed E-state index contributed by atoms with van der Waals surface area (Å²) in [6.45, 7) is 7.27. The van der Waals surface area contributed by atoms with Crippen molar-refractivity contribution >= 4 is 22.3 Å². The number of hydrogen-bond acceptors (Lipinski definition) is 6. The highest BCUT2D eigenvalue weighted by molar-refractivity contribution is 5.87. The van der Waals surface area contributed by atoms with E-state index in [9.17, 15) is 9.18 Å². The fourth-order valence-electron chi connectivity index (χ4n) is 4.31. The third kappa shape index (κ3) is 4.05. The summed E-state index contributed by atoms with van der Waals surface area (Å²) < 4.78 is 14.8. The Hall–Kier alpha value is -3.78. The zero-order valence-corrected chi connectivity index (χ0v) is 18.4. The van der Waals surface area contributed by atoms with E-state index in [-0.39, 0.29) is 17.1 Å². The van der Waals surface area contributed by atoms with Gasteiger partial charge in [-0.3, -0.25) is 4.79 Å². The van der Waals surface area contributed by atoms with Crippen LogP contribution in [0.5, 0.6) is 0 Å². The van der Waals surface area contributed by atoms with E-state index >= 15 is 0 Å². The SMILES string of the molecule is CCN1CCN(c2ccc(-c3nc(-c4ccc5c(=O)[nH]ccc5c4)c(N)nc3F)cc2)CC1. The van der Waals surface area contributed by atoms with Crippen LogP contribution in [0.15, 0.2) is 59.5 Å². The molecule has 7 nitrogen and oxygen atoms in total. The van der Waals surface area contributed by atoms with Gasteiger partial charge in [0.2, 0.25) is 5.95 Å². The molecule has 2 aromatic carbocycles. The second-order valence-corrected chi connectivity index (χ2v) is 8.17. The second kappa shape index (κ2) is 8.63. The lowest BCUT2D eigenvalue weighted by atomic mass is 10.1. The van der Waals surface area contributed by atoms with Crippen molar-refractivity contribution in [2.75, 3.05) is 43.4 Å². The summed E-state index contributed by atoms with van der Waals surface area (Å²) in [6.07, 6.45) is 1.59. The lowest BCUT2D eigenvalue weighted by Gasteiger charge is -2.35. The maximum atomic E-state index is 14.8. The molecule has 0 aliphatic carbocycles. The first-order valence-electron chi connectivity index (χ1n) is 11.1. The molecule has 0 radical (unpaired) electrons. The molecule has 0 bridgehead atoms. The van der Waals surface area contributed by atoms with E-state index in [0.29, 0.717) is 22.2 Å². The minimum Gasteiger partial charge on any atom is -0.382 e. The smallest absolute Gasteiger partial charge is 0.255 e. The molecule has 2 aromatic heterocycles. The molecule has 8 heteroatoms. The van der Waals surface area contributed by atoms with Crippen LogP contribution in [0.4, 0.5) is 15.9 Å². The van der Waals surface area contributed by atoms with Gasteiger partial charge in [0.05, 0.1) is 0 Å². The number of rotatable bonds is 4. The number of pyridine rings is 1. The molecule has 168 valence electrons. The van der Waals surface area contributed by atoms with Gasteiger partial charge in [-0.15, -0.1) is 0 Å². The zero-order valence-electron chi connectivity index (χ0n) is 18.4. The highest BCUT2D eigenvalue weighted by Crippen LogP contribution is 2.30. The van der Waals surface area contributed by atoms with Crippen molar-refractivity contribution < 1.29 is 4.39 Å². The zero-order chi connectivity index (χ0) is 22.9. The average molecular weight is 445 g/mol. The number of fused-ring (bicyclic) bond motifs is 1. The normalized spacial score (nSPS) is 14.7. The Labute approximate surface area is 190 Å². The molecule has 3 heterocycles. The first kappa shape index (κ1) is 21.1. The first-order valence-corrected chi connectivity index (χ1v) is 11.1. The number of aromatic amines is 1. The third-order valence-electron chi connectivity index (χ3n) is 6.25. The number of H-pyrrole nitrogens is 1. The number of hydrogen-bond donors (Lipinski definition) is 2. The van der Waals surface area contributed by atoms with Crippen LogP contribution in [0.3, 0.4) is 0 Å². The first-order chi connectivity index (χ1) is 16.0. The molecule has 1 saturated heterocycles. The van der Waals surface area contributed by atoms with Gasteiger partial charge in [-0.1, -0.05) is 25.1 Å². The van der Waals surface area contributed by atoms with Crippen LogP contribution in [0, 0.1) is 5.95 Å². The summed E-state index contributed by atoms with van der Waals surface area (Å²) in [5.74, 6) is -0.705. The van der Waals surface area contributed by atoms with E-state index in [1.807, 2.05) is 30.3 Å². The van der Waals surface area contributed by atoms with Crippen LogP contribution >= 0.6 is 0 Å². The lowest BCUT2D eigenvalue weighted by Crippen LogP contribution is -2.46. The molecule has 5 rings (SSSR count). The topological polar surface area (TPSA) is 91.1 Å². The van der Waals surface area contributed by atoms with Gasteiger partial charge in [0.1, 0.15) is 11.4 Å². The number of nitrogens with one attached hydrogen (secondary N) is 1. The standard InChI is InChI=1S/C25H25FN6O/c1-2-31-11-13-32(14-12-31)19-6-3-16(4-7-19)21-23(26)30-24(27)22(29-21)18-5-8-20-17(15-18)9-10-28-25(20)33/h3-10,15H,2,11-14H2,1H3,(H2,27,30)(H,28,33). The molecule has 4 aromatic rings. The van der Waals surface area contributed by atoms with Gasteiger partial charge in [0.15, 0.2) is 5.82 Å². The van der Waals surface area contributed by atoms with Crippen molar-refractivity contribution in [3.8, 4) is 22.5 Å². The molecule has 33 heavy (non-hydrogen) atoms. The summed E-state index contributed by atoms with van der Waals surface area (Å²) in [5.41, 5.74) is 8.80. The Morgan fingerprint density at radius 1 is 0.970 bits per heavy atom. The average Bonchev–Trinajstić information content (AvgIpc) is 2.84. The van der Waals surface area contributed by atoms with Crippen molar-refractivity contribution in [1.29, 1.82) is 0 Å². The Bertz CT molecular complexity index is 1360. The van der Waals surface area contributed by atoms with Crippen molar-refractivity contribution in [1.82, 2.24) is 19.9 Å². The van der Waals surface area contributed by atoms with Crippen molar-refractivity contribution in [2.45, 2.75) is 6.92 Å². The maximum Gasteiger partial charge on any atom is 0.255 e. The predicted octanol–water partition coefficient (Wildman–Crippen LogP) is 3.52. The Kier molecular flexibility index (Phi) is 5.51. The minimum atomic E-state index is -0.710. The Morgan fingerprint density at radius 2 is 1.70 bits per heavy atom. The minimum absolute atomic E-state index is 0.00542. The van der Waals surface area contributed by atoms with E-state index in [1.54, 1.807) is 24.4 Å². The van der Waals surface area contributed by atoms with Crippen LogP contribution in [-0.2, 0) is 0 Å². The number of halogens is 1. The quantitative estimate of drug-likeness (QED) is 0.501. The van der Waals surface area contributed by atoms with E-state index in [0.717, 1.165) is 43.8 Å². The summed E-state index contributed by atoms with van der Waals surface area (Å²) in [6, 6.07) is 14.8. The molecule has 0 atom stereocenters. The largest absolute Gasteiger partial charge is 0.382 e. The highest BCUT2D eigenvalue weighted by Gasteiger charge is 2.18. The van der Waals surface area contributed by atoms with Gasteiger partial charge in [-0.2, -0.15) is 9.37 Å². The molecule has 0 unspecified atom stereocenters. The Balaban J connectivity index is 1.47. The van der Waals surface area contributed by atoms with Crippen LogP contribution in [-0.4, -0.2) is 52.6 Å². The van der Waals surface area contributed by atoms with E-state index in [4.69, 9.17) is 5.73 Å². The summed E-state index contributed by atoms with van der Waals surface area (Å²) in [5, 5.41) is 1.31. The Morgan fingerprint density at radius 3 is 2.42 bits per heavy atom. The van der Waals surface area contributed by atoms with Crippen LogP contribution in [0.2, 0.25) is 0 Å². The second-order valence-electron chi connectivity index (χ2n) is 8.17. The molecule has 1 aliphatic heterocycles. The maximum absolute atomic E-state index is 14.8. The van der Waals surface area contributed by atoms with Crippen molar-refractivity contribution in [3.05, 3.63) is 71.0 Å². The molecule has 0 spiro atoms. The summed E-state index contributed by atoms with van der Waals surface area (Å²) in [7, 11) is 0.